The largest absolute Gasteiger partial charge is 0.495 e. The summed E-state index contributed by atoms with van der Waals surface area (Å²) < 4.78 is 5.26. The minimum Gasteiger partial charge on any atom is -0.495 e. The third-order valence-electron chi connectivity index (χ3n) is 3.55. The number of methoxy groups -OCH3 is 1. The Balaban J connectivity index is 2.08. The van der Waals surface area contributed by atoms with Crippen molar-refractivity contribution in [2.24, 2.45) is 0 Å². The van der Waals surface area contributed by atoms with Crippen molar-refractivity contribution in [3.63, 3.8) is 0 Å². The zero-order valence-electron chi connectivity index (χ0n) is 14.9. The van der Waals surface area contributed by atoms with E-state index in [1.165, 1.54) is 25.9 Å². The molecule has 0 aliphatic rings. The third kappa shape index (κ3) is 5.07. The number of nitrogens with one attached hydrogen (secondary N) is 2. The Bertz CT molecular complexity index is 803. The molecule has 7 nitrogen and oxygen atoms in total. The van der Waals surface area contributed by atoms with Crippen LogP contribution in [0.4, 0.5) is 17.1 Å². The maximum Gasteiger partial charge on any atom is 0.244 e. The molecule has 3 amide bonds. The molecule has 2 aromatic rings. The van der Waals surface area contributed by atoms with E-state index >= 15 is 0 Å². The zero-order chi connectivity index (χ0) is 19.1. The Hall–Kier alpha value is -3.35. The maximum absolute atomic E-state index is 12.3. The summed E-state index contributed by atoms with van der Waals surface area (Å²) >= 11 is 0. The highest BCUT2D eigenvalue weighted by atomic mass is 16.5. The van der Waals surface area contributed by atoms with Gasteiger partial charge in [0, 0.05) is 25.2 Å². The second kappa shape index (κ2) is 8.66. The molecule has 0 radical (unpaired) electrons. The van der Waals surface area contributed by atoms with Crippen LogP contribution in [0.1, 0.15) is 13.8 Å². The predicted molar refractivity (Wildman–Crippen MR) is 100 cm³/mol. The van der Waals surface area contributed by atoms with Gasteiger partial charge < -0.3 is 15.4 Å². The van der Waals surface area contributed by atoms with Gasteiger partial charge >= 0.3 is 0 Å². The minimum atomic E-state index is -0.349. The summed E-state index contributed by atoms with van der Waals surface area (Å²) in [5.41, 5.74) is 1.72. The van der Waals surface area contributed by atoms with Crippen LogP contribution in [0.3, 0.4) is 0 Å². The number of hydrogen-bond acceptors (Lipinski definition) is 4. The summed E-state index contributed by atoms with van der Waals surface area (Å²) in [6, 6.07) is 13.7. The molecule has 0 saturated carbocycles. The second-order valence-corrected chi connectivity index (χ2v) is 5.58. The molecule has 0 bridgehead atoms. The summed E-state index contributed by atoms with van der Waals surface area (Å²) in [5, 5.41) is 5.38. The summed E-state index contributed by atoms with van der Waals surface area (Å²) in [4.78, 5) is 36.7. The molecule has 0 aliphatic heterocycles. The molecule has 26 heavy (non-hydrogen) atoms. The summed E-state index contributed by atoms with van der Waals surface area (Å²) in [6.45, 7) is 2.66. The fourth-order valence-electron chi connectivity index (χ4n) is 2.40. The normalized spacial score (nSPS) is 9.96. The average Bonchev–Trinajstić information content (AvgIpc) is 2.60. The summed E-state index contributed by atoms with van der Waals surface area (Å²) in [5.74, 6) is -0.283. The first-order chi connectivity index (χ1) is 12.4. The SMILES string of the molecule is COc1ccccc1N(CC(=O)Nc1ccc(NC(C)=O)cc1)C(C)=O. The van der Waals surface area contributed by atoms with Crippen LogP contribution < -0.4 is 20.3 Å². The van der Waals surface area contributed by atoms with Crippen molar-refractivity contribution in [2.45, 2.75) is 13.8 Å². The zero-order valence-corrected chi connectivity index (χ0v) is 14.9. The lowest BCUT2D eigenvalue weighted by Crippen LogP contribution is -2.36. The lowest BCUT2D eigenvalue weighted by Gasteiger charge is -2.22. The van der Waals surface area contributed by atoms with Gasteiger partial charge in [-0.2, -0.15) is 0 Å². The summed E-state index contributed by atoms with van der Waals surface area (Å²) in [7, 11) is 1.51. The van der Waals surface area contributed by atoms with Gasteiger partial charge in [-0.25, -0.2) is 0 Å². The van der Waals surface area contributed by atoms with E-state index in [4.69, 9.17) is 4.74 Å². The first-order valence-corrected chi connectivity index (χ1v) is 7.99. The molecular weight excluding hydrogens is 334 g/mol. The van der Waals surface area contributed by atoms with E-state index in [9.17, 15) is 14.4 Å². The number of para-hydroxylation sites is 2. The van der Waals surface area contributed by atoms with Gasteiger partial charge in [0.25, 0.3) is 0 Å². The molecule has 2 aromatic carbocycles. The van der Waals surface area contributed by atoms with Gasteiger partial charge in [0.2, 0.25) is 17.7 Å². The molecule has 0 aliphatic carbocycles. The number of benzene rings is 2. The number of ether oxygens (including phenoxy) is 1. The molecule has 0 saturated heterocycles. The van der Waals surface area contributed by atoms with Gasteiger partial charge in [-0.15, -0.1) is 0 Å². The van der Waals surface area contributed by atoms with Crippen molar-refractivity contribution in [2.75, 3.05) is 29.2 Å². The van der Waals surface area contributed by atoms with E-state index in [0.717, 1.165) is 0 Å². The highest BCUT2D eigenvalue weighted by molar-refractivity contribution is 6.02. The van der Waals surface area contributed by atoms with Gasteiger partial charge in [-0.3, -0.25) is 19.3 Å². The van der Waals surface area contributed by atoms with Crippen LogP contribution in [0.5, 0.6) is 5.75 Å². The monoisotopic (exact) mass is 355 g/mol. The quantitative estimate of drug-likeness (QED) is 0.834. The van der Waals surface area contributed by atoms with E-state index in [1.807, 2.05) is 0 Å². The van der Waals surface area contributed by atoms with Crippen molar-refractivity contribution >= 4 is 34.8 Å². The van der Waals surface area contributed by atoms with Crippen molar-refractivity contribution in [3.05, 3.63) is 48.5 Å². The number of rotatable bonds is 6. The van der Waals surface area contributed by atoms with Gasteiger partial charge in [-0.1, -0.05) is 12.1 Å². The highest BCUT2D eigenvalue weighted by Crippen LogP contribution is 2.27. The number of anilines is 3. The van der Waals surface area contributed by atoms with Crippen molar-refractivity contribution in [1.82, 2.24) is 0 Å². The number of hydrogen-bond donors (Lipinski definition) is 2. The lowest BCUT2D eigenvalue weighted by molar-refractivity contribution is -0.120. The molecule has 0 fully saturated rings. The number of carbonyl (C=O) groups is 3. The Kier molecular flexibility index (Phi) is 6.32. The predicted octanol–water partition coefficient (Wildman–Crippen LogP) is 2.65. The van der Waals surface area contributed by atoms with Gasteiger partial charge in [0.15, 0.2) is 0 Å². The van der Waals surface area contributed by atoms with Gasteiger partial charge in [0.05, 0.1) is 12.8 Å². The molecular formula is C19H21N3O4. The Labute approximate surface area is 152 Å². The van der Waals surface area contributed by atoms with E-state index in [-0.39, 0.29) is 24.3 Å². The number of nitrogens with zero attached hydrogens (tertiary/aromatic N) is 1. The Morgan fingerprint density at radius 1 is 0.923 bits per heavy atom. The number of amides is 3. The topological polar surface area (TPSA) is 87.7 Å². The number of carbonyl (C=O) groups excluding carboxylic acids is 3. The fourth-order valence-corrected chi connectivity index (χ4v) is 2.40. The molecule has 136 valence electrons. The third-order valence-corrected chi connectivity index (χ3v) is 3.55. The van der Waals surface area contributed by atoms with E-state index in [0.29, 0.717) is 22.8 Å². The van der Waals surface area contributed by atoms with E-state index in [1.54, 1.807) is 48.5 Å². The molecule has 0 spiro atoms. The fraction of sp³-hybridized carbons (Fsp3) is 0.211. The molecule has 0 atom stereocenters. The average molecular weight is 355 g/mol. The second-order valence-electron chi connectivity index (χ2n) is 5.58. The molecule has 0 unspecified atom stereocenters. The molecule has 2 rings (SSSR count). The van der Waals surface area contributed by atoms with Crippen LogP contribution in [-0.2, 0) is 14.4 Å². The molecule has 0 aromatic heterocycles. The Morgan fingerprint density at radius 2 is 1.50 bits per heavy atom. The van der Waals surface area contributed by atoms with Crippen LogP contribution in [0.2, 0.25) is 0 Å². The van der Waals surface area contributed by atoms with Gasteiger partial charge in [0.1, 0.15) is 12.3 Å². The van der Waals surface area contributed by atoms with Crippen LogP contribution in [0.25, 0.3) is 0 Å². The van der Waals surface area contributed by atoms with Crippen LogP contribution >= 0.6 is 0 Å². The molecule has 7 heteroatoms. The van der Waals surface area contributed by atoms with Crippen molar-refractivity contribution in [1.29, 1.82) is 0 Å². The summed E-state index contributed by atoms with van der Waals surface area (Å²) in [6.07, 6.45) is 0. The van der Waals surface area contributed by atoms with Crippen molar-refractivity contribution in [3.8, 4) is 5.75 Å². The lowest BCUT2D eigenvalue weighted by atomic mass is 10.2. The van der Waals surface area contributed by atoms with Crippen LogP contribution in [0.15, 0.2) is 48.5 Å². The highest BCUT2D eigenvalue weighted by Gasteiger charge is 2.19. The minimum absolute atomic E-state index is 0.150. The van der Waals surface area contributed by atoms with Crippen molar-refractivity contribution < 1.29 is 19.1 Å². The maximum atomic E-state index is 12.3. The smallest absolute Gasteiger partial charge is 0.244 e. The van der Waals surface area contributed by atoms with E-state index in [2.05, 4.69) is 10.6 Å². The molecule has 0 heterocycles. The standard InChI is InChI=1S/C19H21N3O4/c1-13(23)20-15-8-10-16(11-9-15)21-19(25)12-22(14(2)24)17-6-4-5-7-18(17)26-3/h4-11H,12H2,1-3H3,(H,20,23)(H,21,25). The van der Waals surface area contributed by atoms with Gasteiger partial charge in [-0.05, 0) is 36.4 Å². The molecule has 2 N–H and O–H groups in total. The Morgan fingerprint density at radius 3 is 2.04 bits per heavy atom. The van der Waals surface area contributed by atoms with Crippen LogP contribution in [-0.4, -0.2) is 31.4 Å². The first kappa shape index (κ1) is 19.0. The van der Waals surface area contributed by atoms with E-state index < -0.39 is 0 Å². The van der Waals surface area contributed by atoms with Crippen LogP contribution in [0, 0.1) is 0 Å². The first-order valence-electron chi connectivity index (χ1n) is 7.99.